The summed E-state index contributed by atoms with van der Waals surface area (Å²) in [6.07, 6.45) is 5.79. The van der Waals surface area contributed by atoms with Gasteiger partial charge in [0.25, 0.3) is 0 Å². The summed E-state index contributed by atoms with van der Waals surface area (Å²) in [6.45, 7) is 2.74. The molecule has 3 N–H and O–H groups in total. The van der Waals surface area contributed by atoms with Crippen LogP contribution < -0.4 is 10.5 Å². The Bertz CT molecular complexity index is 581. The molecule has 0 heterocycles. The van der Waals surface area contributed by atoms with E-state index < -0.39 is 10.0 Å². The molecule has 0 unspecified atom stereocenters. The number of anilines is 1. The molecule has 21 heavy (non-hydrogen) atoms. The molecular weight excluding hydrogens is 308 g/mol. The Morgan fingerprint density at radius 1 is 1.29 bits per heavy atom. The van der Waals surface area contributed by atoms with Crippen molar-refractivity contribution < 1.29 is 8.42 Å². The molecule has 6 heteroatoms. The van der Waals surface area contributed by atoms with Crippen molar-refractivity contribution in [3.8, 4) is 0 Å². The average Bonchev–Trinajstić information content (AvgIpc) is 2.40. The van der Waals surface area contributed by atoms with Crippen molar-refractivity contribution in [1.82, 2.24) is 4.72 Å². The third kappa shape index (κ3) is 4.59. The van der Waals surface area contributed by atoms with E-state index in [0.29, 0.717) is 17.5 Å². The zero-order chi connectivity index (χ0) is 15.5. The zero-order valence-electron chi connectivity index (χ0n) is 12.3. The van der Waals surface area contributed by atoms with E-state index in [1.165, 1.54) is 43.9 Å². The number of nitrogen functional groups attached to an aromatic ring is 1. The number of benzene rings is 1. The first kappa shape index (κ1) is 16.6. The van der Waals surface area contributed by atoms with Gasteiger partial charge in [-0.2, -0.15) is 0 Å². The van der Waals surface area contributed by atoms with Gasteiger partial charge in [0, 0.05) is 11.6 Å². The van der Waals surface area contributed by atoms with Gasteiger partial charge in [-0.3, -0.25) is 0 Å². The maximum absolute atomic E-state index is 12.2. The lowest BCUT2D eigenvalue weighted by Gasteiger charge is -2.26. The second-order valence-electron chi connectivity index (χ2n) is 5.99. The van der Waals surface area contributed by atoms with Crippen LogP contribution in [0.5, 0.6) is 0 Å². The van der Waals surface area contributed by atoms with E-state index in [1.54, 1.807) is 0 Å². The van der Waals surface area contributed by atoms with Gasteiger partial charge in [0.1, 0.15) is 4.90 Å². The minimum Gasteiger partial charge on any atom is -0.398 e. The van der Waals surface area contributed by atoms with Gasteiger partial charge in [0.2, 0.25) is 10.0 Å². The summed E-state index contributed by atoms with van der Waals surface area (Å²) in [5.74, 6) is 1.44. The maximum Gasteiger partial charge on any atom is 0.242 e. The number of halogens is 1. The molecule has 0 radical (unpaired) electrons. The van der Waals surface area contributed by atoms with Gasteiger partial charge in [0.05, 0.1) is 5.69 Å². The van der Waals surface area contributed by atoms with Gasteiger partial charge in [-0.15, -0.1) is 0 Å². The van der Waals surface area contributed by atoms with E-state index in [-0.39, 0.29) is 10.6 Å². The summed E-state index contributed by atoms with van der Waals surface area (Å²) in [7, 11) is -3.55. The third-order valence-electron chi connectivity index (χ3n) is 4.24. The highest BCUT2D eigenvalue weighted by atomic mass is 35.5. The van der Waals surface area contributed by atoms with Gasteiger partial charge in [-0.05, 0) is 36.5 Å². The fourth-order valence-corrected chi connectivity index (χ4v) is 4.20. The Morgan fingerprint density at radius 2 is 1.95 bits per heavy atom. The van der Waals surface area contributed by atoms with Crippen LogP contribution in [0.15, 0.2) is 23.1 Å². The molecule has 0 atom stereocenters. The molecule has 1 aliphatic carbocycles. The average molecular weight is 331 g/mol. The number of hydrogen-bond acceptors (Lipinski definition) is 3. The lowest BCUT2D eigenvalue weighted by molar-refractivity contribution is 0.278. The highest BCUT2D eigenvalue weighted by Crippen LogP contribution is 2.30. The summed E-state index contributed by atoms with van der Waals surface area (Å²) >= 11 is 5.79. The highest BCUT2D eigenvalue weighted by Gasteiger charge is 2.20. The van der Waals surface area contributed by atoms with Crippen LogP contribution in [-0.2, 0) is 10.0 Å². The highest BCUT2D eigenvalue weighted by molar-refractivity contribution is 7.89. The van der Waals surface area contributed by atoms with E-state index in [1.807, 2.05) is 0 Å². The van der Waals surface area contributed by atoms with Crippen molar-refractivity contribution in [2.45, 2.75) is 43.9 Å². The van der Waals surface area contributed by atoms with E-state index >= 15 is 0 Å². The van der Waals surface area contributed by atoms with Gasteiger partial charge in [-0.1, -0.05) is 44.2 Å². The molecule has 0 aromatic heterocycles. The Balaban J connectivity index is 1.89. The molecule has 0 bridgehead atoms. The number of sulfonamides is 1. The first-order valence-electron chi connectivity index (χ1n) is 7.43. The molecule has 1 aromatic carbocycles. The molecule has 2 rings (SSSR count). The van der Waals surface area contributed by atoms with Crippen LogP contribution >= 0.6 is 11.6 Å². The minimum absolute atomic E-state index is 0.101. The van der Waals surface area contributed by atoms with Crippen LogP contribution in [-0.4, -0.2) is 15.0 Å². The number of nitrogens with one attached hydrogen (secondary N) is 1. The number of hydrogen-bond donors (Lipinski definition) is 2. The molecular formula is C15H23ClN2O2S. The van der Waals surface area contributed by atoms with Crippen molar-refractivity contribution in [2.24, 2.45) is 11.8 Å². The van der Waals surface area contributed by atoms with Gasteiger partial charge in [-0.25, -0.2) is 13.1 Å². The Kier molecular flexibility index (Phi) is 5.52. The van der Waals surface area contributed by atoms with Crippen LogP contribution in [0.2, 0.25) is 5.02 Å². The van der Waals surface area contributed by atoms with E-state index in [0.717, 1.165) is 12.3 Å². The predicted octanol–water partition coefficient (Wildman–Crippen LogP) is 3.42. The molecule has 118 valence electrons. The van der Waals surface area contributed by atoms with Gasteiger partial charge in [0.15, 0.2) is 0 Å². The SMILES string of the molecule is CC1CCC(CCNS(=O)(=O)c2ccc(Cl)cc2N)CC1. The molecule has 1 aliphatic rings. The lowest BCUT2D eigenvalue weighted by Crippen LogP contribution is -2.27. The van der Waals surface area contributed by atoms with Crippen molar-refractivity contribution in [3.05, 3.63) is 23.2 Å². The van der Waals surface area contributed by atoms with Crippen LogP contribution in [0.1, 0.15) is 39.0 Å². The molecule has 1 aromatic rings. The topological polar surface area (TPSA) is 72.2 Å². The molecule has 0 aliphatic heterocycles. The molecule has 1 saturated carbocycles. The molecule has 0 amide bonds. The zero-order valence-corrected chi connectivity index (χ0v) is 13.9. The summed E-state index contributed by atoms with van der Waals surface area (Å²) in [5.41, 5.74) is 5.92. The van der Waals surface area contributed by atoms with E-state index in [2.05, 4.69) is 11.6 Å². The number of rotatable bonds is 5. The molecule has 0 saturated heterocycles. The molecule has 0 spiro atoms. The maximum atomic E-state index is 12.2. The smallest absolute Gasteiger partial charge is 0.242 e. The van der Waals surface area contributed by atoms with Crippen molar-refractivity contribution in [3.63, 3.8) is 0 Å². The summed E-state index contributed by atoms with van der Waals surface area (Å²) < 4.78 is 27.1. The van der Waals surface area contributed by atoms with Crippen LogP contribution in [0.3, 0.4) is 0 Å². The van der Waals surface area contributed by atoms with Crippen molar-refractivity contribution >= 4 is 27.3 Å². The first-order valence-corrected chi connectivity index (χ1v) is 9.29. The molecule has 1 fully saturated rings. The monoisotopic (exact) mass is 330 g/mol. The minimum atomic E-state index is -3.55. The Morgan fingerprint density at radius 3 is 2.57 bits per heavy atom. The van der Waals surface area contributed by atoms with Crippen molar-refractivity contribution in [2.75, 3.05) is 12.3 Å². The normalized spacial score (nSPS) is 23.1. The van der Waals surface area contributed by atoms with E-state index in [4.69, 9.17) is 17.3 Å². The Hall–Kier alpha value is -0.780. The second-order valence-corrected chi connectivity index (χ2v) is 8.17. The standard InChI is InChI=1S/C15H23ClN2O2S/c1-11-2-4-12(5-3-11)8-9-18-21(19,20)15-7-6-13(16)10-14(15)17/h6-7,10-12,18H,2-5,8-9,17H2,1H3. The largest absolute Gasteiger partial charge is 0.398 e. The summed E-state index contributed by atoms with van der Waals surface area (Å²) in [6, 6.07) is 4.44. The Labute approximate surface area is 132 Å². The van der Waals surface area contributed by atoms with E-state index in [9.17, 15) is 8.42 Å². The fourth-order valence-electron chi connectivity index (χ4n) is 2.86. The van der Waals surface area contributed by atoms with Crippen LogP contribution in [0.4, 0.5) is 5.69 Å². The summed E-state index contributed by atoms with van der Waals surface area (Å²) in [5, 5.41) is 0.433. The molecule has 4 nitrogen and oxygen atoms in total. The third-order valence-corrected chi connectivity index (χ3v) is 6.01. The van der Waals surface area contributed by atoms with Gasteiger partial charge >= 0.3 is 0 Å². The predicted molar refractivity (Wildman–Crippen MR) is 86.8 cm³/mol. The summed E-state index contributed by atoms with van der Waals surface area (Å²) in [4.78, 5) is 0.101. The lowest BCUT2D eigenvalue weighted by atomic mass is 9.81. The van der Waals surface area contributed by atoms with Crippen LogP contribution in [0, 0.1) is 11.8 Å². The quantitative estimate of drug-likeness (QED) is 0.812. The number of nitrogens with two attached hydrogens (primary N) is 1. The fraction of sp³-hybridized carbons (Fsp3) is 0.600. The second kappa shape index (κ2) is 6.99. The van der Waals surface area contributed by atoms with Gasteiger partial charge < -0.3 is 5.73 Å². The first-order chi connectivity index (χ1) is 9.88. The van der Waals surface area contributed by atoms with Crippen molar-refractivity contribution in [1.29, 1.82) is 0 Å². The van der Waals surface area contributed by atoms with Crippen LogP contribution in [0.25, 0.3) is 0 Å².